The first-order valence-corrected chi connectivity index (χ1v) is 5.51. The average molecular weight is 231 g/mol. The van der Waals surface area contributed by atoms with Crippen LogP contribution >= 0.6 is 23.2 Å². The third kappa shape index (κ3) is 1.54. The van der Waals surface area contributed by atoms with Crippen molar-refractivity contribution in [3.05, 3.63) is 33.8 Å². The number of rotatable bonds is 2. The molecule has 2 unspecified atom stereocenters. The number of aliphatic hydroxyl groups is 1. The van der Waals surface area contributed by atoms with Crippen LogP contribution in [0.15, 0.2) is 18.2 Å². The highest BCUT2D eigenvalue weighted by molar-refractivity contribution is 6.35. The topological polar surface area (TPSA) is 20.2 Å². The zero-order valence-corrected chi connectivity index (χ0v) is 9.44. The van der Waals surface area contributed by atoms with Crippen molar-refractivity contribution in [2.45, 2.75) is 25.4 Å². The molecule has 1 aromatic rings. The third-order valence-corrected chi connectivity index (χ3v) is 3.51. The van der Waals surface area contributed by atoms with Crippen molar-refractivity contribution in [2.24, 2.45) is 5.92 Å². The van der Waals surface area contributed by atoms with Crippen molar-refractivity contribution in [2.75, 3.05) is 0 Å². The maximum absolute atomic E-state index is 10.2. The van der Waals surface area contributed by atoms with E-state index < -0.39 is 5.60 Å². The second kappa shape index (κ2) is 3.41. The molecule has 3 heteroatoms. The van der Waals surface area contributed by atoms with Gasteiger partial charge >= 0.3 is 0 Å². The van der Waals surface area contributed by atoms with Crippen LogP contribution in [0.4, 0.5) is 0 Å². The lowest BCUT2D eigenvalue weighted by Gasteiger charge is -2.12. The van der Waals surface area contributed by atoms with Crippen LogP contribution in [0.25, 0.3) is 0 Å². The molecule has 0 radical (unpaired) electrons. The van der Waals surface area contributed by atoms with Gasteiger partial charge in [-0.1, -0.05) is 42.6 Å². The van der Waals surface area contributed by atoms with Crippen molar-refractivity contribution in [1.82, 2.24) is 0 Å². The average Bonchev–Trinajstić information content (AvgIpc) is 2.77. The normalized spacial score (nSPS) is 30.4. The summed E-state index contributed by atoms with van der Waals surface area (Å²) >= 11 is 11.8. The second-order valence-corrected chi connectivity index (χ2v) is 4.70. The molecule has 0 heterocycles. The number of benzene rings is 1. The lowest BCUT2D eigenvalue weighted by atomic mass is 10.0. The molecule has 1 saturated carbocycles. The summed E-state index contributed by atoms with van der Waals surface area (Å²) in [5, 5.41) is 11.4. The summed E-state index contributed by atoms with van der Waals surface area (Å²) in [5.74, 6) is 0.348. The summed E-state index contributed by atoms with van der Waals surface area (Å²) in [4.78, 5) is 0. The molecule has 0 bridgehead atoms. The van der Waals surface area contributed by atoms with Crippen LogP contribution in [-0.2, 0) is 5.60 Å². The van der Waals surface area contributed by atoms with Gasteiger partial charge in [-0.25, -0.2) is 0 Å². The van der Waals surface area contributed by atoms with E-state index in [1.165, 1.54) is 0 Å². The Bertz CT molecular complexity index is 364. The molecule has 0 amide bonds. The zero-order chi connectivity index (χ0) is 10.3. The Morgan fingerprint density at radius 3 is 2.71 bits per heavy atom. The van der Waals surface area contributed by atoms with Gasteiger partial charge in [0.25, 0.3) is 0 Å². The first-order valence-electron chi connectivity index (χ1n) is 4.76. The molecule has 14 heavy (non-hydrogen) atoms. The van der Waals surface area contributed by atoms with E-state index in [2.05, 4.69) is 6.92 Å². The molecule has 2 rings (SSSR count). The van der Waals surface area contributed by atoms with E-state index in [1.807, 2.05) is 6.07 Å². The van der Waals surface area contributed by atoms with Crippen molar-refractivity contribution in [1.29, 1.82) is 0 Å². The summed E-state index contributed by atoms with van der Waals surface area (Å²) in [6, 6.07) is 5.27. The summed E-state index contributed by atoms with van der Waals surface area (Å²) in [5.41, 5.74) is 0.117. The van der Waals surface area contributed by atoms with Gasteiger partial charge in [0.05, 0.1) is 5.60 Å². The highest BCUT2D eigenvalue weighted by atomic mass is 35.5. The molecule has 1 aliphatic carbocycles. The molecular weight excluding hydrogens is 219 g/mol. The number of halogens is 2. The van der Waals surface area contributed by atoms with E-state index in [0.29, 0.717) is 16.0 Å². The SMILES string of the molecule is CCC1CC1(O)c1ccc(Cl)cc1Cl. The van der Waals surface area contributed by atoms with E-state index in [1.54, 1.807) is 12.1 Å². The first-order chi connectivity index (χ1) is 6.58. The third-order valence-electron chi connectivity index (χ3n) is 2.96. The minimum atomic E-state index is -0.698. The Labute approximate surface area is 93.7 Å². The smallest absolute Gasteiger partial charge is 0.0943 e. The molecule has 1 aliphatic rings. The van der Waals surface area contributed by atoms with E-state index in [9.17, 15) is 5.11 Å². The summed E-state index contributed by atoms with van der Waals surface area (Å²) in [7, 11) is 0. The Morgan fingerprint density at radius 1 is 1.50 bits per heavy atom. The Hall–Kier alpha value is -0.240. The monoisotopic (exact) mass is 230 g/mol. The molecule has 0 saturated heterocycles. The molecule has 76 valence electrons. The number of hydrogen-bond donors (Lipinski definition) is 1. The van der Waals surface area contributed by atoms with Gasteiger partial charge in [-0.15, -0.1) is 0 Å². The van der Waals surface area contributed by atoms with Gasteiger partial charge in [-0.3, -0.25) is 0 Å². The maximum Gasteiger partial charge on any atom is 0.0943 e. The Morgan fingerprint density at radius 2 is 2.21 bits per heavy atom. The quantitative estimate of drug-likeness (QED) is 0.824. The molecule has 0 aliphatic heterocycles. The van der Waals surface area contributed by atoms with Crippen LogP contribution in [0.2, 0.25) is 10.0 Å². The van der Waals surface area contributed by atoms with Gasteiger partial charge in [0.1, 0.15) is 0 Å². The van der Waals surface area contributed by atoms with Gasteiger partial charge in [0.15, 0.2) is 0 Å². The van der Waals surface area contributed by atoms with Crippen molar-refractivity contribution >= 4 is 23.2 Å². The standard InChI is InChI=1S/C11H12Cl2O/c1-2-7-6-11(7,14)9-4-3-8(12)5-10(9)13/h3-5,7,14H,2,6H2,1H3. The lowest BCUT2D eigenvalue weighted by Crippen LogP contribution is -2.08. The van der Waals surface area contributed by atoms with Crippen LogP contribution in [0.5, 0.6) is 0 Å². The highest BCUT2D eigenvalue weighted by Crippen LogP contribution is 2.55. The molecule has 1 fully saturated rings. The minimum Gasteiger partial charge on any atom is -0.385 e. The second-order valence-electron chi connectivity index (χ2n) is 3.86. The Balaban J connectivity index is 2.34. The molecule has 1 aromatic carbocycles. The van der Waals surface area contributed by atoms with Crippen LogP contribution in [-0.4, -0.2) is 5.11 Å². The van der Waals surface area contributed by atoms with Crippen molar-refractivity contribution in [3.63, 3.8) is 0 Å². The fraction of sp³-hybridized carbons (Fsp3) is 0.455. The number of hydrogen-bond acceptors (Lipinski definition) is 1. The van der Waals surface area contributed by atoms with E-state index in [-0.39, 0.29) is 0 Å². The fourth-order valence-corrected chi connectivity index (χ4v) is 2.54. The molecule has 2 atom stereocenters. The van der Waals surface area contributed by atoms with Crippen LogP contribution in [0.3, 0.4) is 0 Å². The molecule has 1 nitrogen and oxygen atoms in total. The predicted molar refractivity (Wildman–Crippen MR) is 58.8 cm³/mol. The Kier molecular flexibility index (Phi) is 2.50. The van der Waals surface area contributed by atoms with Gasteiger partial charge in [0, 0.05) is 15.6 Å². The molecule has 0 spiro atoms. The van der Waals surface area contributed by atoms with Crippen LogP contribution in [0.1, 0.15) is 25.3 Å². The molecule has 1 N–H and O–H groups in total. The maximum atomic E-state index is 10.2. The predicted octanol–water partition coefficient (Wildman–Crippen LogP) is 3.61. The van der Waals surface area contributed by atoms with E-state index in [0.717, 1.165) is 18.4 Å². The largest absolute Gasteiger partial charge is 0.385 e. The summed E-state index contributed by atoms with van der Waals surface area (Å²) < 4.78 is 0. The highest BCUT2D eigenvalue weighted by Gasteiger charge is 2.53. The van der Waals surface area contributed by atoms with E-state index >= 15 is 0 Å². The van der Waals surface area contributed by atoms with Gasteiger partial charge in [-0.2, -0.15) is 0 Å². The molecular formula is C11H12Cl2O. The van der Waals surface area contributed by atoms with Crippen molar-refractivity contribution in [3.8, 4) is 0 Å². The zero-order valence-electron chi connectivity index (χ0n) is 7.93. The lowest BCUT2D eigenvalue weighted by molar-refractivity contribution is 0.130. The van der Waals surface area contributed by atoms with Crippen LogP contribution in [0, 0.1) is 5.92 Å². The van der Waals surface area contributed by atoms with Gasteiger partial charge in [0.2, 0.25) is 0 Å². The fourth-order valence-electron chi connectivity index (χ4n) is 1.97. The summed E-state index contributed by atoms with van der Waals surface area (Å²) in [6.45, 7) is 2.08. The summed E-state index contributed by atoms with van der Waals surface area (Å²) in [6.07, 6.45) is 1.79. The van der Waals surface area contributed by atoms with E-state index in [4.69, 9.17) is 23.2 Å². The van der Waals surface area contributed by atoms with Gasteiger partial charge in [-0.05, 0) is 24.5 Å². The minimum absolute atomic E-state index is 0.348. The molecule has 0 aromatic heterocycles. The van der Waals surface area contributed by atoms with Gasteiger partial charge < -0.3 is 5.11 Å². The van der Waals surface area contributed by atoms with Crippen molar-refractivity contribution < 1.29 is 5.11 Å². The van der Waals surface area contributed by atoms with Crippen LogP contribution < -0.4 is 0 Å². The first kappa shape index (κ1) is 10.3.